The van der Waals surface area contributed by atoms with Crippen LogP contribution >= 0.6 is 0 Å². The van der Waals surface area contributed by atoms with Gasteiger partial charge < -0.3 is 15.7 Å². The molecule has 1 aliphatic rings. The van der Waals surface area contributed by atoms with E-state index in [-0.39, 0.29) is 12.5 Å². The van der Waals surface area contributed by atoms with Crippen LogP contribution in [-0.2, 0) is 6.42 Å². The molecule has 1 unspecified atom stereocenters. The van der Waals surface area contributed by atoms with Crippen LogP contribution in [0.2, 0.25) is 0 Å². The number of nitrogens with zero attached hydrogens (tertiary/aromatic N) is 2. The minimum atomic E-state index is -0.572. The van der Waals surface area contributed by atoms with Crippen LogP contribution < -0.4 is 10.6 Å². The van der Waals surface area contributed by atoms with Crippen LogP contribution in [0.25, 0.3) is 10.9 Å². The molecule has 2 heterocycles. The molecule has 0 saturated carbocycles. The maximum Gasteiger partial charge on any atom is 0.252 e. The Kier molecular flexibility index (Phi) is 6.19. The van der Waals surface area contributed by atoms with E-state index in [1.165, 1.54) is 5.56 Å². The number of benzene rings is 1. The van der Waals surface area contributed by atoms with Crippen LogP contribution in [0.3, 0.4) is 0 Å². The van der Waals surface area contributed by atoms with Crippen LogP contribution in [0.1, 0.15) is 28.5 Å². The standard InChI is InChI=1S/C20H28N4O2/c1-3-15-4-5-19-17(11-15)18(10-14(2)23-19)20(26)22-12-16(25)13-24-8-6-21-7-9-24/h4-5,10-11,16,21,25H,3,6-9,12-13H2,1-2H3,(H,22,26). The summed E-state index contributed by atoms with van der Waals surface area (Å²) in [5, 5.41) is 17.3. The topological polar surface area (TPSA) is 77.5 Å². The average molecular weight is 356 g/mol. The van der Waals surface area contributed by atoms with Crippen LogP contribution in [0.4, 0.5) is 0 Å². The summed E-state index contributed by atoms with van der Waals surface area (Å²) in [5.41, 5.74) is 3.44. The van der Waals surface area contributed by atoms with E-state index in [9.17, 15) is 9.90 Å². The highest BCUT2D eigenvalue weighted by Crippen LogP contribution is 2.20. The van der Waals surface area contributed by atoms with E-state index in [4.69, 9.17) is 0 Å². The zero-order valence-electron chi connectivity index (χ0n) is 15.6. The average Bonchev–Trinajstić information content (AvgIpc) is 2.66. The molecule has 0 aliphatic carbocycles. The first-order valence-electron chi connectivity index (χ1n) is 9.36. The van der Waals surface area contributed by atoms with Crippen molar-refractivity contribution in [1.29, 1.82) is 0 Å². The number of carbonyl (C=O) groups excluding carboxylic acids is 1. The molecule has 1 aromatic heterocycles. The first-order chi connectivity index (χ1) is 12.6. The number of β-amino-alcohol motifs (C(OH)–C–C–N with tert-alkyl or cyclic N) is 1. The lowest BCUT2D eigenvalue weighted by atomic mass is 10.0. The summed E-state index contributed by atoms with van der Waals surface area (Å²) in [7, 11) is 0. The Morgan fingerprint density at radius 1 is 1.35 bits per heavy atom. The lowest BCUT2D eigenvalue weighted by Crippen LogP contribution is -2.48. The molecule has 1 aliphatic heterocycles. The lowest BCUT2D eigenvalue weighted by Gasteiger charge is -2.29. The van der Waals surface area contributed by atoms with Crippen LogP contribution in [0.5, 0.6) is 0 Å². The van der Waals surface area contributed by atoms with Gasteiger partial charge in [-0.1, -0.05) is 13.0 Å². The van der Waals surface area contributed by atoms with Gasteiger partial charge in [-0.3, -0.25) is 14.7 Å². The van der Waals surface area contributed by atoms with Crippen molar-refractivity contribution in [2.75, 3.05) is 39.3 Å². The predicted octanol–water partition coefficient (Wildman–Crippen LogP) is 1.10. The highest BCUT2D eigenvalue weighted by Gasteiger charge is 2.17. The number of aliphatic hydroxyl groups is 1. The van der Waals surface area contributed by atoms with E-state index < -0.39 is 6.10 Å². The number of nitrogens with one attached hydrogen (secondary N) is 2. The van der Waals surface area contributed by atoms with Crippen LogP contribution in [0, 0.1) is 6.92 Å². The van der Waals surface area contributed by atoms with E-state index in [1.807, 2.05) is 31.2 Å². The molecule has 26 heavy (non-hydrogen) atoms. The predicted molar refractivity (Wildman–Crippen MR) is 104 cm³/mol. The summed E-state index contributed by atoms with van der Waals surface area (Å²) in [4.78, 5) is 19.5. The summed E-state index contributed by atoms with van der Waals surface area (Å²) in [6.07, 6.45) is 0.339. The van der Waals surface area contributed by atoms with Gasteiger partial charge in [-0.05, 0) is 37.1 Å². The van der Waals surface area contributed by atoms with Crippen molar-refractivity contribution in [3.8, 4) is 0 Å². The number of aryl methyl sites for hydroxylation is 2. The third-order valence-electron chi connectivity index (χ3n) is 4.83. The van der Waals surface area contributed by atoms with E-state index >= 15 is 0 Å². The summed E-state index contributed by atoms with van der Waals surface area (Å²) in [6, 6.07) is 7.87. The minimum Gasteiger partial charge on any atom is -0.390 e. The fourth-order valence-electron chi connectivity index (χ4n) is 3.38. The van der Waals surface area contributed by atoms with Crippen molar-refractivity contribution in [1.82, 2.24) is 20.5 Å². The van der Waals surface area contributed by atoms with E-state index in [1.54, 1.807) is 0 Å². The van der Waals surface area contributed by atoms with Gasteiger partial charge in [0, 0.05) is 50.3 Å². The molecule has 1 amide bonds. The maximum atomic E-state index is 12.7. The molecule has 1 fully saturated rings. The van der Waals surface area contributed by atoms with Crippen molar-refractivity contribution >= 4 is 16.8 Å². The molecule has 0 radical (unpaired) electrons. The lowest BCUT2D eigenvalue weighted by molar-refractivity contribution is 0.0843. The Bertz CT molecular complexity index is 772. The summed E-state index contributed by atoms with van der Waals surface area (Å²) < 4.78 is 0. The quantitative estimate of drug-likeness (QED) is 0.723. The first-order valence-corrected chi connectivity index (χ1v) is 9.36. The van der Waals surface area contributed by atoms with Gasteiger partial charge in [0.25, 0.3) is 5.91 Å². The number of hydrogen-bond donors (Lipinski definition) is 3. The highest BCUT2D eigenvalue weighted by molar-refractivity contribution is 6.06. The third-order valence-corrected chi connectivity index (χ3v) is 4.83. The monoisotopic (exact) mass is 356 g/mol. The first kappa shape index (κ1) is 18.8. The molecule has 1 atom stereocenters. The fraction of sp³-hybridized carbons (Fsp3) is 0.500. The number of amides is 1. The zero-order valence-corrected chi connectivity index (χ0v) is 15.6. The number of piperazine rings is 1. The van der Waals surface area contributed by atoms with E-state index in [2.05, 4.69) is 27.4 Å². The largest absolute Gasteiger partial charge is 0.390 e. The van der Waals surface area contributed by atoms with E-state index in [0.29, 0.717) is 12.1 Å². The van der Waals surface area contributed by atoms with Gasteiger partial charge in [0.15, 0.2) is 0 Å². The van der Waals surface area contributed by atoms with E-state index in [0.717, 1.165) is 49.2 Å². The van der Waals surface area contributed by atoms with Crippen LogP contribution in [-0.4, -0.2) is 66.3 Å². The smallest absolute Gasteiger partial charge is 0.252 e. The number of aromatic nitrogens is 1. The molecule has 3 rings (SSSR count). The Morgan fingerprint density at radius 3 is 2.85 bits per heavy atom. The van der Waals surface area contributed by atoms with Crippen molar-refractivity contribution in [3.63, 3.8) is 0 Å². The number of fused-ring (bicyclic) bond motifs is 1. The third kappa shape index (κ3) is 4.58. The second-order valence-corrected chi connectivity index (χ2v) is 6.93. The number of aliphatic hydroxyl groups excluding tert-OH is 1. The molecular formula is C20H28N4O2. The Hall–Kier alpha value is -2.02. The second kappa shape index (κ2) is 8.58. The van der Waals surface area contributed by atoms with Gasteiger partial charge in [0.1, 0.15) is 0 Å². The van der Waals surface area contributed by atoms with Crippen molar-refractivity contribution in [2.24, 2.45) is 0 Å². The Morgan fingerprint density at radius 2 is 2.12 bits per heavy atom. The molecule has 0 spiro atoms. The van der Waals surface area contributed by atoms with Gasteiger partial charge in [0.2, 0.25) is 0 Å². The zero-order chi connectivity index (χ0) is 18.5. The van der Waals surface area contributed by atoms with Gasteiger partial charge >= 0.3 is 0 Å². The van der Waals surface area contributed by atoms with Crippen molar-refractivity contribution < 1.29 is 9.90 Å². The fourth-order valence-corrected chi connectivity index (χ4v) is 3.38. The molecule has 0 bridgehead atoms. The highest BCUT2D eigenvalue weighted by atomic mass is 16.3. The van der Waals surface area contributed by atoms with Gasteiger partial charge in [-0.25, -0.2) is 0 Å². The molecular weight excluding hydrogens is 328 g/mol. The summed E-state index contributed by atoms with van der Waals surface area (Å²) in [6.45, 7) is 8.57. The summed E-state index contributed by atoms with van der Waals surface area (Å²) >= 11 is 0. The molecule has 1 aromatic carbocycles. The van der Waals surface area contributed by atoms with Crippen molar-refractivity contribution in [2.45, 2.75) is 26.4 Å². The SMILES string of the molecule is CCc1ccc2nc(C)cc(C(=O)NCC(O)CN3CCNCC3)c2c1. The van der Waals surface area contributed by atoms with Crippen LogP contribution in [0.15, 0.2) is 24.3 Å². The van der Waals surface area contributed by atoms with Gasteiger partial charge in [0.05, 0.1) is 17.2 Å². The number of pyridine rings is 1. The maximum absolute atomic E-state index is 12.7. The number of hydrogen-bond acceptors (Lipinski definition) is 5. The normalized spacial score (nSPS) is 16.6. The molecule has 6 nitrogen and oxygen atoms in total. The van der Waals surface area contributed by atoms with Gasteiger partial charge in [-0.2, -0.15) is 0 Å². The van der Waals surface area contributed by atoms with Crippen molar-refractivity contribution in [3.05, 3.63) is 41.1 Å². The molecule has 1 saturated heterocycles. The number of rotatable bonds is 6. The molecule has 3 N–H and O–H groups in total. The minimum absolute atomic E-state index is 0.159. The summed E-state index contributed by atoms with van der Waals surface area (Å²) in [5.74, 6) is -0.159. The number of carbonyl (C=O) groups is 1. The molecule has 2 aromatic rings. The Labute approximate surface area is 154 Å². The second-order valence-electron chi connectivity index (χ2n) is 6.93. The Balaban J connectivity index is 1.68. The molecule has 140 valence electrons. The molecule has 6 heteroatoms. The van der Waals surface area contributed by atoms with Gasteiger partial charge in [-0.15, -0.1) is 0 Å².